The highest BCUT2D eigenvalue weighted by Crippen LogP contribution is 2.41. The average Bonchev–Trinajstić information content (AvgIpc) is 2.83. The van der Waals surface area contributed by atoms with E-state index < -0.39 is 0 Å². The van der Waals surface area contributed by atoms with Crippen molar-refractivity contribution in [2.24, 2.45) is 17.6 Å². The number of hydrogen-bond acceptors (Lipinski definition) is 2. The Bertz CT molecular complexity index is 637. The quantitative estimate of drug-likeness (QED) is 0.765. The number of fused-ring (bicyclic) bond motifs is 3. The number of rotatable bonds is 4. The van der Waals surface area contributed by atoms with Crippen LogP contribution in [0.5, 0.6) is 5.75 Å². The molecule has 3 atom stereocenters. The van der Waals surface area contributed by atoms with Crippen LogP contribution >= 0.6 is 12.4 Å². The van der Waals surface area contributed by atoms with Gasteiger partial charge in [-0.15, -0.1) is 12.4 Å². The minimum Gasteiger partial charge on any atom is -0.508 e. The zero-order valence-electron chi connectivity index (χ0n) is 13.4. The van der Waals surface area contributed by atoms with Crippen LogP contribution in [0.1, 0.15) is 56.8 Å². The van der Waals surface area contributed by atoms with Crippen molar-refractivity contribution in [1.29, 1.82) is 0 Å². The number of hydrogen-bond donors (Lipinski definition) is 3. The first kappa shape index (κ1) is 17.2. The van der Waals surface area contributed by atoms with Crippen molar-refractivity contribution in [2.75, 3.05) is 0 Å². The fourth-order valence-electron chi connectivity index (χ4n) is 4.09. The molecule has 122 valence electrons. The van der Waals surface area contributed by atoms with Crippen molar-refractivity contribution < 1.29 is 5.11 Å². The minimum atomic E-state index is 0. The number of aromatic amines is 1. The molecule has 0 amide bonds. The number of nitrogens with two attached hydrogens (primary N) is 1. The molecule has 0 saturated carbocycles. The van der Waals surface area contributed by atoms with E-state index in [0.29, 0.717) is 11.7 Å². The Kier molecular flexibility index (Phi) is 5.41. The van der Waals surface area contributed by atoms with Gasteiger partial charge in [-0.2, -0.15) is 0 Å². The van der Waals surface area contributed by atoms with Gasteiger partial charge in [-0.1, -0.05) is 33.1 Å². The summed E-state index contributed by atoms with van der Waals surface area (Å²) < 4.78 is 0. The molecular weight excluding hydrogens is 296 g/mol. The van der Waals surface area contributed by atoms with Gasteiger partial charge in [0.05, 0.1) is 0 Å². The number of phenols is 1. The van der Waals surface area contributed by atoms with E-state index in [-0.39, 0.29) is 18.4 Å². The summed E-state index contributed by atoms with van der Waals surface area (Å²) in [6.07, 6.45) is 5.92. The predicted molar refractivity (Wildman–Crippen MR) is 94.6 cm³/mol. The zero-order valence-corrected chi connectivity index (χ0v) is 14.2. The Morgan fingerprint density at radius 2 is 2.14 bits per heavy atom. The van der Waals surface area contributed by atoms with Crippen molar-refractivity contribution >= 4 is 23.3 Å². The molecule has 0 fully saturated rings. The van der Waals surface area contributed by atoms with E-state index >= 15 is 0 Å². The highest BCUT2D eigenvalue weighted by molar-refractivity contribution is 5.86. The first-order chi connectivity index (χ1) is 10.1. The van der Waals surface area contributed by atoms with E-state index in [1.807, 2.05) is 12.1 Å². The maximum absolute atomic E-state index is 9.78. The second-order valence-electron chi connectivity index (χ2n) is 6.51. The van der Waals surface area contributed by atoms with Crippen LogP contribution in [0.15, 0.2) is 18.2 Å². The van der Waals surface area contributed by atoms with E-state index in [2.05, 4.69) is 18.8 Å². The van der Waals surface area contributed by atoms with Crippen molar-refractivity contribution in [1.82, 2.24) is 4.98 Å². The highest BCUT2D eigenvalue weighted by atomic mass is 35.5. The summed E-state index contributed by atoms with van der Waals surface area (Å²) in [5.74, 6) is 1.76. The number of aromatic hydroxyl groups is 1. The third-order valence-electron chi connectivity index (χ3n) is 5.17. The zero-order chi connectivity index (χ0) is 15.0. The number of H-pyrrole nitrogens is 1. The van der Waals surface area contributed by atoms with Gasteiger partial charge in [-0.05, 0) is 48.4 Å². The largest absolute Gasteiger partial charge is 0.508 e. The van der Waals surface area contributed by atoms with Gasteiger partial charge < -0.3 is 15.8 Å². The fraction of sp³-hybridized carbons (Fsp3) is 0.556. The molecule has 3 unspecified atom stereocenters. The maximum Gasteiger partial charge on any atom is 0.116 e. The summed E-state index contributed by atoms with van der Waals surface area (Å²) in [6, 6.07) is 5.66. The molecule has 1 aliphatic carbocycles. The molecular formula is C18H27ClN2O. The molecule has 1 aromatic carbocycles. The average molecular weight is 323 g/mol. The lowest BCUT2D eigenvalue weighted by molar-refractivity contribution is 0.253. The van der Waals surface area contributed by atoms with E-state index in [1.165, 1.54) is 30.5 Å². The lowest BCUT2D eigenvalue weighted by Crippen LogP contribution is -2.28. The maximum atomic E-state index is 9.78. The Morgan fingerprint density at radius 3 is 2.82 bits per heavy atom. The summed E-state index contributed by atoms with van der Waals surface area (Å²) >= 11 is 0. The molecule has 1 aromatic heterocycles. The number of phenolic OH excluding ortho intramolecular Hbond substituents is 1. The van der Waals surface area contributed by atoms with Crippen LogP contribution in [0, 0.1) is 11.8 Å². The van der Waals surface area contributed by atoms with Crippen LogP contribution < -0.4 is 5.73 Å². The van der Waals surface area contributed by atoms with E-state index in [9.17, 15) is 5.11 Å². The van der Waals surface area contributed by atoms with Crippen molar-refractivity contribution in [3.05, 3.63) is 29.5 Å². The first-order valence-electron chi connectivity index (χ1n) is 8.23. The second kappa shape index (κ2) is 6.93. The van der Waals surface area contributed by atoms with Gasteiger partial charge in [-0.25, -0.2) is 0 Å². The Labute approximate surface area is 138 Å². The topological polar surface area (TPSA) is 62.0 Å². The number of aromatic nitrogens is 1. The Balaban J connectivity index is 0.00000176. The summed E-state index contributed by atoms with van der Waals surface area (Å²) in [6.45, 7) is 4.56. The third-order valence-corrected chi connectivity index (χ3v) is 5.17. The summed E-state index contributed by atoms with van der Waals surface area (Å²) in [5.41, 5.74) is 10.0. The van der Waals surface area contributed by atoms with E-state index in [0.717, 1.165) is 29.7 Å². The van der Waals surface area contributed by atoms with Crippen LogP contribution in [0.4, 0.5) is 0 Å². The minimum absolute atomic E-state index is 0. The molecule has 4 N–H and O–H groups in total. The number of nitrogens with one attached hydrogen (secondary N) is 1. The van der Waals surface area contributed by atoms with Gasteiger partial charge in [0.2, 0.25) is 0 Å². The molecule has 0 spiro atoms. The molecule has 22 heavy (non-hydrogen) atoms. The summed E-state index contributed by atoms with van der Waals surface area (Å²) in [4.78, 5) is 3.47. The molecule has 0 aliphatic heterocycles. The monoisotopic (exact) mass is 322 g/mol. The van der Waals surface area contributed by atoms with Crippen LogP contribution in [0.25, 0.3) is 10.9 Å². The predicted octanol–water partition coefficient (Wildman–Crippen LogP) is 4.68. The normalized spacial score (nSPS) is 22.1. The van der Waals surface area contributed by atoms with Crippen molar-refractivity contribution in [3.8, 4) is 5.75 Å². The standard InChI is InChI=1S/C18H26N2O.ClH/c1-3-5-11(4-2)12-8-15-14-10-13(21)6-7-17(14)20-18(15)16(19)9-12;/h6-7,10-12,16,20-21H,3-5,8-9,19H2,1-2H3;1H. The van der Waals surface area contributed by atoms with Gasteiger partial charge in [0.1, 0.15) is 5.75 Å². The molecule has 0 radical (unpaired) electrons. The second-order valence-corrected chi connectivity index (χ2v) is 6.51. The van der Waals surface area contributed by atoms with Crippen LogP contribution in [0.3, 0.4) is 0 Å². The molecule has 0 saturated heterocycles. The Hall–Kier alpha value is -1.19. The molecule has 4 heteroatoms. The van der Waals surface area contributed by atoms with Crippen molar-refractivity contribution in [3.63, 3.8) is 0 Å². The lowest BCUT2D eigenvalue weighted by Gasteiger charge is -2.33. The molecule has 0 bridgehead atoms. The number of halogens is 1. The molecule has 1 heterocycles. The van der Waals surface area contributed by atoms with Gasteiger partial charge in [0.25, 0.3) is 0 Å². The van der Waals surface area contributed by atoms with E-state index in [1.54, 1.807) is 6.07 Å². The van der Waals surface area contributed by atoms with E-state index in [4.69, 9.17) is 5.73 Å². The van der Waals surface area contributed by atoms with Crippen LogP contribution in [0.2, 0.25) is 0 Å². The molecule has 2 aromatic rings. The molecule has 3 rings (SSSR count). The van der Waals surface area contributed by atoms with Crippen LogP contribution in [-0.4, -0.2) is 10.1 Å². The molecule has 3 nitrogen and oxygen atoms in total. The van der Waals surface area contributed by atoms with Gasteiger partial charge in [-0.3, -0.25) is 0 Å². The van der Waals surface area contributed by atoms with Gasteiger partial charge in [0.15, 0.2) is 0 Å². The first-order valence-corrected chi connectivity index (χ1v) is 8.23. The van der Waals surface area contributed by atoms with Crippen molar-refractivity contribution in [2.45, 2.75) is 52.0 Å². The smallest absolute Gasteiger partial charge is 0.116 e. The van der Waals surface area contributed by atoms with Crippen LogP contribution in [-0.2, 0) is 6.42 Å². The Morgan fingerprint density at radius 1 is 1.36 bits per heavy atom. The fourth-order valence-corrected chi connectivity index (χ4v) is 4.09. The molecule has 1 aliphatic rings. The highest BCUT2D eigenvalue weighted by Gasteiger charge is 2.31. The summed E-state index contributed by atoms with van der Waals surface area (Å²) in [5, 5.41) is 10.9. The van der Waals surface area contributed by atoms with Gasteiger partial charge >= 0.3 is 0 Å². The SMILES string of the molecule is CCCC(CC)C1Cc2c([nH]c3ccc(O)cc23)C(N)C1.Cl. The van der Waals surface area contributed by atoms with Gasteiger partial charge in [0, 0.05) is 22.6 Å². The summed E-state index contributed by atoms with van der Waals surface area (Å²) in [7, 11) is 0. The third kappa shape index (κ3) is 2.97. The number of benzene rings is 1. The lowest BCUT2D eigenvalue weighted by atomic mass is 9.74.